The molecule has 1 rings (SSSR count). The number of rotatable bonds is 5. The molecule has 0 atom stereocenters. The number of aryl methyl sites for hydroxylation is 1. The van der Waals surface area contributed by atoms with E-state index in [2.05, 4.69) is 19.2 Å². The molecule has 0 amide bonds. The fourth-order valence-corrected chi connectivity index (χ4v) is 1.70. The van der Waals surface area contributed by atoms with E-state index in [9.17, 15) is 4.39 Å². The first kappa shape index (κ1) is 12.2. The van der Waals surface area contributed by atoms with Crippen LogP contribution in [0, 0.1) is 11.2 Å². The lowest BCUT2D eigenvalue weighted by atomic mass is 9.86. The summed E-state index contributed by atoms with van der Waals surface area (Å²) in [4.78, 5) is 0. The van der Waals surface area contributed by atoms with E-state index in [0.717, 1.165) is 19.4 Å². The van der Waals surface area contributed by atoms with Gasteiger partial charge in [0, 0.05) is 0 Å². The van der Waals surface area contributed by atoms with Crippen LogP contribution in [0.5, 0.6) is 0 Å². The van der Waals surface area contributed by atoms with E-state index in [4.69, 9.17) is 0 Å². The van der Waals surface area contributed by atoms with E-state index in [1.165, 1.54) is 17.7 Å². The third kappa shape index (κ3) is 4.43. The first-order valence-corrected chi connectivity index (χ1v) is 5.42. The highest BCUT2D eigenvalue weighted by atomic mass is 19.1. The summed E-state index contributed by atoms with van der Waals surface area (Å²) in [7, 11) is 1.97. The van der Waals surface area contributed by atoms with E-state index < -0.39 is 0 Å². The molecule has 0 aliphatic carbocycles. The minimum atomic E-state index is -0.159. The lowest BCUT2D eigenvalue weighted by Crippen LogP contribution is -2.27. The van der Waals surface area contributed by atoms with Crippen LogP contribution in [-0.2, 0) is 6.42 Å². The maximum atomic E-state index is 12.7. The predicted molar refractivity (Wildman–Crippen MR) is 62.4 cm³/mol. The van der Waals surface area contributed by atoms with E-state index in [-0.39, 0.29) is 5.82 Å². The Morgan fingerprint density at radius 2 is 1.80 bits per heavy atom. The van der Waals surface area contributed by atoms with E-state index in [0.29, 0.717) is 5.41 Å². The summed E-state index contributed by atoms with van der Waals surface area (Å²) in [5.74, 6) is -0.159. The molecule has 0 radical (unpaired) electrons. The van der Waals surface area contributed by atoms with E-state index in [1.54, 1.807) is 0 Å². The molecule has 0 bridgehead atoms. The molecule has 0 unspecified atom stereocenters. The zero-order chi connectivity index (χ0) is 11.3. The van der Waals surface area contributed by atoms with E-state index in [1.807, 2.05) is 19.2 Å². The number of nitrogens with one attached hydrogen (secondary N) is 1. The van der Waals surface area contributed by atoms with Gasteiger partial charge in [-0.1, -0.05) is 26.0 Å². The van der Waals surface area contributed by atoms with Gasteiger partial charge in [-0.3, -0.25) is 0 Å². The Balaban J connectivity index is 2.46. The Labute approximate surface area is 91.7 Å². The van der Waals surface area contributed by atoms with Crippen LogP contribution in [0.4, 0.5) is 4.39 Å². The average Bonchev–Trinajstić information content (AvgIpc) is 2.17. The van der Waals surface area contributed by atoms with Crippen LogP contribution in [-0.4, -0.2) is 13.6 Å². The summed E-state index contributed by atoms with van der Waals surface area (Å²) in [6, 6.07) is 6.79. The van der Waals surface area contributed by atoms with Crippen LogP contribution in [0.25, 0.3) is 0 Å². The van der Waals surface area contributed by atoms with Crippen molar-refractivity contribution in [1.82, 2.24) is 5.32 Å². The van der Waals surface area contributed by atoms with Gasteiger partial charge >= 0.3 is 0 Å². The Hall–Kier alpha value is -0.890. The minimum Gasteiger partial charge on any atom is -0.319 e. The Bertz CT molecular complexity index is 290. The molecule has 2 heteroatoms. The van der Waals surface area contributed by atoms with Crippen molar-refractivity contribution < 1.29 is 4.39 Å². The second kappa shape index (κ2) is 5.26. The lowest BCUT2D eigenvalue weighted by Gasteiger charge is -2.24. The fraction of sp³-hybridized carbons (Fsp3) is 0.538. The highest BCUT2D eigenvalue weighted by Gasteiger charge is 2.16. The zero-order valence-electron chi connectivity index (χ0n) is 9.81. The molecule has 84 valence electrons. The summed E-state index contributed by atoms with van der Waals surface area (Å²) in [6.07, 6.45) is 2.12. The van der Waals surface area contributed by atoms with Gasteiger partial charge in [-0.15, -0.1) is 0 Å². The highest BCUT2D eigenvalue weighted by molar-refractivity contribution is 5.16. The minimum absolute atomic E-state index is 0.159. The van der Waals surface area contributed by atoms with Gasteiger partial charge in [-0.2, -0.15) is 0 Å². The largest absolute Gasteiger partial charge is 0.319 e. The molecule has 0 saturated heterocycles. The van der Waals surface area contributed by atoms with Crippen molar-refractivity contribution in [2.75, 3.05) is 13.6 Å². The number of benzene rings is 1. The molecule has 1 N–H and O–H groups in total. The molecule has 0 aliphatic heterocycles. The molecular weight excluding hydrogens is 189 g/mol. The maximum Gasteiger partial charge on any atom is 0.123 e. The second-order valence-corrected chi connectivity index (χ2v) is 4.82. The molecule has 1 aromatic rings. The van der Waals surface area contributed by atoms with Crippen molar-refractivity contribution in [3.05, 3.63) is 35.6 Å². The second-order valence-electron chi connectivity index (χ2n) is 4.82. The average molecular weight is 209 g/mol. The van der Waals surface area contributed by atoms with Crippen LogP contribution in [0.1, 0.15) is 25.8 Å². The first-order chi connectivity index (χ1) is 7.03. The van der Waals surface area contributed by atoms with Gasteiger partial charge in [0.15, 0.2) is 0 Å². The predicted octanol–water partition coefficient (Wildman–Crippen LogP) is 3.00. The highest BCUT2D eigenvalue weighted by Crippen LogP contribution is 2.21. The molecular formula is C13H20FN. The quantitative estimate of drug-likeness (QED) is 0.786. The van der Waals surface area contributed by atoms with Gasteiger partial charge in [0.25, 0.3) is 0 Å². The van der Waals surface area contributed by atoms with Crippen molar-refractivity contribution in [2.45, 2.75) is 26.7 Å². The SMILES string of the molecule is CNCC(C)(C)CCc1ccc(F)cc1. The van der Waals surface area contributed by atoms with Gasteiger partial charge in [0.05, 0.1) is 0 Å². The van der Waals surface area contributed by atoms with Gasteiger partial charge in [-0.25, -0.2) is 4.39 Å². The molecule has 1 aromatic carbocycles. The number of hydrogen-bond acceptors (Lipinski definition) is 1. The molecule has 0 heterocycles. The molecule has 0 spiro atoms. The number of hydrogen-bond donors (Lipinski definition) is 1. The standard InChI is InChI=1S/C13H20FN/c1-13(2,10-15-3)9-8-11-4-6-12(14)7-5-11/h4-7,15H,8-10H2,1-3H3. The van der Waals surface area contributed by atoms with Crippen molar-refractivity contribution in [3.63, 3.8) is 0 Å². The van der Waals surface area contributed by atoms with E-state index >= 15 is 0 Å². The lowest BCUT2D eigenvalue weighted by molar-refractivity contribution is 0.324. The summed E-state index contributed by atoms with van der Waals surface area (Å²) in [5, 5.41) is 3.19. The Kier molecular flexibility index (Phi) is 4.28. The number of halogens is 1. The summed E-state index contributed by atoms with van der Waals surface area (Å²) in [5.41, 5.74) is 1.50. The van der Waals surface area contributed by atoms with Gasteiger partial charge < -0.3 is 5.32 Å². The topological polar surface area (TPSA) is 12.0 Å². The van der Waals surface area contributed by atoms with Crippen LogP contribution >= 0.6 is 0 Å². The molecule has 0 saturated carbocycles. The molecule has 15 heavy (non-hydrogen) atoms. The van der Waals surface area contributed by atoms with Crippen molar-refractivity contribution >= 4 is 0 Å². The summed E-state index contributed by atoms with van der Waals surface area (Å²) >= 11 is 0. The van der Waals surface area contributed by atoms with Gasteiger partial charge in [0.2, 0.25) is 0 Å². The van der Waals surface area contributed by atoms with Gasteiger partial charge in [-0.05, 0) is 49.5 Å². The van der Waals surface area contributed by atoms with Crippen LogP contribution < -0.4 is 5.32 Å². The Morgan fingerprint density at radius 3 is 2.33 bits per heavy atom. The smallest absolute Gasteiger partial charge is 0.123 e. The van der Waals surface area contributed by atoms with Crippen molar-refractivity contribution in [1.29, 1.82) is 0 Å². The Morgan fingerprint density at radius 1 is 1.20 bits per heavy atom. The van der Waals surface area contributed by atoms with Crippen molar-refractivity contribution in [2.24, 2.45) is 5.41 Å². The molecule has 0 fully saturated rings. The monoisotopic (exact) mass is 209 g/mol. The molecule has 1 nitrogen and oxygen atoms in total. The normalized spacial score (nSPS) is 11.7. The fourth-order valence-electron chi connectivity index (χ4n) is 1.70. The summed E-state index contributed by atoms with van der Waals surface area (Å²) < 4.78 is 12.7. The molecule has 0 aliphatic rings. The molecule has 0 aromatic heterocycles. The maximum absolute atomic E-state index is 12.7. The third-order valence-corrected chi connectivity index (χ3v) is 2.66. The van der Waals surface area contributed by atoms with Crippen molar-refractivity contribution in [3.8, 4) is 0 Å². The first-order valence-electron chi connectivity index (χ1n) is 5.42. The van der Waals surface area contributed by atoms with Crippen LogP contribution in [0.2, 0.25) is 0 Å². The van der Waals surface area contributed by atoms with Crippen LogP contribution in [0.3, 0.4) is 0 Å². The van der Waals surface area contributed by atoms with Gasteiger partial charge in [0.1, 0.15) is 5.82 Å². The van der Waals surface area contributed by atoms with Crippen LogP contribution in [0.15, 0.2) is 24.3 Å². The summed E-state index contributed by atoms with van der Waals surface area (Å²) in [6.45, 7) is 5.49. The third-order valence-electron chi connectivity index (χ3n) is 2.66. The zero-order valence-corrected chi connectivity index (χ0v) is 9.81.